The van der Waals surface area contributed by atoms with Gasteiger partial charge in [0.05, 0.1) is 28.0 Å². The summed E-state index contributed by atoms with van der Waals surface area (Å²) < 4.78 is 22.4. The van der Waals surface area contributed by atoms with Crippen LogP contribution in [0.1, 0.15) is 22.7 Å². The van der Waals surface area contributed by atoms with Crippen LogP contribution in [0.25, 0.3) is 0 Å². The molecule has 3 aromatic rings. The second kappa shape index (κ2) is 12.1. The molecule has 11 nitrogen and oxygen atoms in total. The summed E-state index contributed by atoms with van der Waals surface area (Å²) in [6, 6.07) is 5.09. The van der Waals surface area contributed by atoms with Gasteiger partial charge in [-0.15, -0.1) is 0 Å². The first-order valence-corrected chi connectivity index (χ1v) is 15.5. The number of ether oxygens (including phenoxy) is 3. The van der Waals surface area contributed by atoms with Crippen molar-refractivity contribution in [3.8, 4) is 23.5 Å². The Kier molecular flexibility index (Phi) is 9.11. The van der Waals surface area contributed by atoms with Gasteiger partial charge in [-0.1, -0.05) is 19.6 Å². The zero-order valence-corrected chi connectivity index (χ0v) is 23.8. The Balaban J connectivity index is 1.74. The van der Waals surface area contributed by atoms with Gasteiger partial charge in [-0.25, -0.2) is 0 Å². The molecule has 0 radical (unpaired) electrons. The Bertz CT molecular complexity index is 1200. The lowest BCUT2D eigenvalue weighted by atomic mass is 10.3. The molecule has 0 bridgehead atoms. The lowest BCUT2D eigenvalue weighted by Crippen LogP contribution is -2.37. The standard InChI is InChI=1S/C25H36N6O5Si/c1-16-19(14-17(15-27-16)37(6,7)8)36-20-11-10-18(35-20)22(32)28-21-23(33-4)29-25(30-24(21)34-5)26-12-9-13-31(2)3/h10-11,14-15H,9,12-13H2,1-8H3,(H,28,32)(H,26,29,30). The number of nitrogens with zero attached hydrogens (tertiary/aromatic N) is 4. The molecule has 0 spiro atoms. The molecule has 1 amide bonds. The van der Waals surface area contributed by atoms with Crippen LogP contribution in [0.2, 0.25) is 19.6 Å². The average molecular weight is 529 g/mol. The van der Waals surface area contributed by atoms with E-state index in [1.807, 2.05) is 33.3 Å². The molecule has 2 N–H and O–H groups in total. The van der Waals surface area contributed by atoms with Crippen LogP contribution < -0.4 is 30.0 Å². The maximum Gasteiger partial charge on any atom is 0.291 e. The predicted molar refractivity (Wildman–Crippen MR) is 145 cm³/mol. The second-order valence-corrected chi connectivity index (χ2v) is 14.8. The van der Waals surface area contributed by atoms with Gasteiger partial charge >= 0.3 is 0 Å². The number of nitrogens with one attached hydrogen (secondary N) is 2. The van der Waals surface area contributed by atoms with Crippen LogP contribution in [0.15, 0.2) is 28.8 Å². The third kappa shape index (κ3) is 7.43. The van der Waals surface area contributed by atoms with Gasteiger partial charge in [0.25, 0.3) is 11.9 Å². The van der Waals surface area contributed by atoms with Crippen molar-refractivity contribution in [1.82, 2.24) is 19.9 Å². The van der Waals surface area contributed by atoms with Crippen molar-refractivity contribution in [2.45, 2.75) is 33.0 Å². The minimum atomic E-state index is -1.58. The number of carbonyl (C=O) groups excluding carboxylic acids is 1. The molecule has 3 rings (SSSR count). The fraction of sp³-hybridized carbons (Fsp3) is 0.440. The van der Waals surface area contributed by atoms with E-state index >= 15 is 0 Å². The van der Waals surface area contributed by atoms with Crippen LogP contribution in [0.3, 0.4) is 0 Å². The van der Waals surface area contributed by atoms with Gasteiger partial charge in [-0.2, -0.15) is 9.97 Å². The quantitative estimate of drug-likeness (QED) is 0.265. The highest BCUT2D eigenvalue weighted by atomic mass is 28.3. The number of amides is 1. The minimum absolute atomic E-state index is 0.0388. The molecule has 0 atom stereocenters. The fourth-order valence-corrected chi connectivity index (χ4v) is 4.32. The Hall–Kier alpha value is -3.64. The van der Waals surface area contributed by atoms with Crippen molar-refractivity contribution in [3.63, 3.8) is 0 Å². The number of anilines is 2. The average Bonchev–Trinajstić information content (AvgIpc) is 3.31. The molecule has 0 saturated carbocycles. The molecule has 37 heavy (non-hydrogen) atoms. The van der Waals surface area contributed by atoms with Crippen LogP contribution in [0.5, 0.6) is 23.5 Å². The maximum atomic E-state index is 13.0. The molecule has 0 fully saturated rings. The summed E-state index contributed by atoms with van der Waals surface area (Å²) in [5.74, 6) is 0.918. The van der Waals surface area contributed by atoms with Crippen molar-refractivity contribution in [2.75, 3.05) is 52.0 Å². The largest absolute Gasteiger partial charge is 0.479 e. The Labute approximate surface area is 218 Å². The van der Waals surface area contributed by atoms with E-state index in [2.05, 4.69) is 50.1 Å². The Morgan fingerprint density at radius 2 is 1.78 bits per heavy atom. The zero-order chi connectivity index (χ0) is 27.2. The van der Waals surface area contributed by atoms with Crippen LogP contribution in [0, 0.1) is 6.92 Å². The predicted octanol–water partition coefficient (Wildman–Crippen LogP) is 3.74. The van der Waals surface area contributed by atoms with Gasteiger partial charge in [0.15, 0.2) is 17.2 Å². The first-order valence-electron chi connectivity index (χ1n) is 12.0. The van der Waals surface area contributed by atoms with Crippen molar-refractivity contribution >= 4 is 30.8 Å². The normalized spacial score (nSPS) is 11.4. The van der Waals surface area contributed by atoms with Crippen molar-refractivity contribution in [2.24, 2.45) is 0 Å². The summed E-state index contributed by atoms with van der Waals surface area (Å²) in [4.78, 5) is 28.2. The molecule has 3 aromatic heterocycles. The fourth-order valence-electron chi connectivity index (χ4n) is 3.30. The number of methoxy groups -OCH3 is 2. The Morgan fingerprint density at radius 3 is 2.38 bits per heavy atom. The monoisotopic (exact) mass is 528 g/mol. The molecular weight excluding hydrogens is 492 g/mol. The van der Waals surface area contributed by atoms with E-state index in [9.17, 15) is 4.79 Å². The number of rotatable bonds is 12. The molecule has 0 aliphatic carbocycles. The van der Waals surface area contributed by atoms with Crippen LogP contribution in [0.4, 0.5) is 11.6 Å². The summed E-state index contributed by atoms with van der Waals surface area (Å²) in [5.41, 5.74) is 0.919. The highest BCUT2D eigenvalue weighted by Gasteiger charge is 2.22. The third-order valence-electron chi connectivity index (χ3n) is 5.46. The molecule has 3 heterocycles. The van der Waals surface area contributed by atoms with Gasteiger partial charge in [0, 0.05) is 18.8 Å². The van der Waals surface area contributed by atoms with E-state index < -0.39 is 14.0 Å². The smallest absolute Gasteiger partial charge is 0.291 e. The van der Waals surface area contributed by atoms with Crippen LogP contribution in [-0.4, -0.2) is 75.2 Å². The van der Waals surface area contributed by atoms with Gasteiger partial charge in [-0.05, 0) is 51.3 Å². The summed E-state index contributed by atoms with van der Waals surface area (Å²) in [7, 11) is 5.36. The molecular formula is C25H36N6O5Si. The number of aromatic nitrogens is 3. The van der Waals surface area contributed by atoms with E-state index in [0.29, 0.717) is 18.2 Å². The van der Waals surface area contributed by atoms with Gasteiger partial charge in [-0.3, -0.25) is 9.78 Å². The number of furan rings is 1. The summed E-state index contributed by atoms with van der Waals surface area (Å²) in [5, 5.41) is 7.03. The zero-order valence-electron chi connectivity index (χ0n) is 22.8. The van der Waals surface area contributed by atoms with Gasteiger partial charge in [0.2, 0.25) is 17.7 Å². The molecule has 12 heteroatoms. The highest BCUT2D eigenvalue weighted by molar-refractivity contribution is 6.88. The molecule has 0 aliphatic rings. The molecule has 200 valence electrons. The lowest BCUT2D eigenvalue weighted by Gasteiger charge is -2.17. The van der Waals surface area contributed by atoms with Crippen molar-refractivity contribution in [1.29, 1.82) is 0 Å². The topological polar surface area (TPSA) is 124 Å². The highest BCUT2D eigenvalue weighted by Crippen LogP contribution is 2.33. The lowest BCUT2D eigenvalue weighted by molar-refractivity contribution is 0.0990. The maximum absolute atomic E-state index is 13.0. The second-order valence-electron chi connectivity index (χ2n) is 9.76. The molecule has 0 aromatic carbocycles. The number of pyridine rings is 1. The SMILES string of the molecule is COc1nc(NCCCN(C)C)nc(OC)c1NC(=O)c1ccc(Oc2cc([Si](C)(C)C)cnc2C)o1. The van der Waals surface area contributed by atoms with E-state index in [1.165, 1.54) is 20.3 Å². The van der Waals surface area contributed by atoms with Crippen LogP contribution in [-0.2, 0) is 0 Å². The van der Waals surface area contributed by atoms with Gasteiger partial charge < -0.3 is 34.2 Å². The number of hydrogen-bond donors (Lipinski definition) is 2. The first kappa shape index (κ1) is 27.9. The molecule has 0 unspecified atom stereocenters. The van der Waals surface area contributed by atoms with Crippen molar-refractivity contribution in [3.05, 3.63) is 35.9 Å². The van der Waals surface area contributed by atoms with E-state index in [-0.39, 0.29) is 29.2 Å². The van der Waals surface area contributed by atoms with Crippen molar-refractivity contribution < 1.29 is 23.4 Å². The molecule has 0 aliphatic heterocycles. The van der Waals surface area contributed by atoms with Gasteiger partial charge in [0.1, 0.15) is 0 Å². The summed E-state index contributed by atoms with van der Waals surface area (Å²) in [6.45, 7) is 10.2. The number of carbonyl (C=O) groups is 1. The van der Waals surface area contributed by atoms with E-state index in [4.69, 9.17) is 18.6 Å². The number of hydrogen-bond acceptors (Lipinski definition) is 10. The Morgan fingerprint density at radius 1 is 1.11 bits per heavy atom. The first-order chi connectivity index (χ1) is 17.5. The third-order valence-corrected chi connectivity index (χ3v) is 7.46. The van der Waals surface area contributed by atoms with E-state index in [0.717, 1.165) is 23.8 Å². The van der Waals surface area contributed by atoms with Crippen LogP contribution >= 0.6 is 0 Å². The summed E-state index contributed by atoms with van der Waals surface area (Å²) in [6.07, 6.45) is 2.79. The minimum Gasteiger partial charge on any atom is -0.479 e. The summed E-state index contributed by atoms with van der Waals surface area (Å²) >= 11 is 0. The van der Waals surface area contributed by atoms with E-state index in [1.54, 1.807) is 6.07 Å². The molecule has 0 saturated heterocycles. The number of aryl methyl sites for hydroxylation is 1.